The topological polar surface area (TPSA) is 54.3 Å². The highest BCUT2D eigenvalue weighted by Gasteiger charge is 2.22. The van der Waals surface area contributed by atoms with E-state index >= 15 is 0 Å². The van der Waals surface area contributed by atoms with Gasteiger partial charge in [0.1, 0.15) is 5.82 Å². The van der Waals surface area contributed by atoms with Crippen LogP contribution in [0.15, 0.2) is 42.1 Å². The minimum Gasteiger partial charge on any atom is -0.339 e. The number of nitrogens with zero attached hydrogens (tertiary/aromatic N) is 5. The van der Waals surface area contributed by atoms with Crippen LogP contribution in [0.2, 0.25) is 5.02 Å². The van der Waals surface area contributed by atoms with Crippen molar-refractivity contribution in [2.45, 2.75) is 25.2 Å². The van der Waals surface area contributed by atoms with Crippen molar-refractivity contribution in [3.63, 3.8) is 0 Å². The van der Waals surface area contributed by atoms with E-state index in [2.05, 4.69) is 27.7 Å². The second-order valence-corrected chi connectivity index (χ2v) is 7.88. The van der Waals surface area contributed by atoms with E-state index in [1.807, 2.05) is 34.6 Å². The van der Waals surface area contributed by atoms with Gasteiger partial charge in [-0.3, -0.25) is 9.69 Å². The molecule has 8 heteroatoms. The summed E-state index contributed by atoms with van der Waals surface area (Å²) in [5, 5.41) is 9.77. The van der Waals surface area contributed by atoms with Crippen molar-refractivity contribution >= 4 is 29.3 Å². The zero-order chi connectivity index (χ0) is 19.2. The Hall–Kier alpha value is -1.83. The van der Waals surface area contributed by atoms with Crippen LogP contribution in [0.5, 0.6) is 0 Å². The summed E-state index contributed by atoms with van der Waals surface area (Å²) in [4.78, 5) is 16.8. The quantitative estimate of drug-likeness (QED) is 0.523. The third kappa shape index (κ3) is 5.34. The van der Waals surface area contributed by atoms with Crippen molar-refractivity contribution in [1.82, 2.24) is 24.6 Å². The highest BCUT2D eigenvalue weighted by molar-refractivity contribution is 7.99. The molecule has 0 atom stereocenters. The zero-order valence-electron chi connectivity index (χ0n) is 15.5. The number of allylic oxidation sites excluding steroid dienone is 1. The molecule has 1 aromatic carbocycles. The molecule has 144 valence electrons. The van der Waals surface area contributed by atoms with Crippen LogP contribution in [0.4, 0.5) is 0 Å². The van der Waals surface area contributed by atoms with Gasteiger partial charge in [0.05, 0.1) is 5.75 Å². The number of hydrogen-bond acceptors (Lipinski definition) is 5. The molecule has 0 N–H and O–H groups in total. The minimum atomic E-state index is 0.146. The van der Waals surface area contributed by atoms with Crippen molar-refractivity contribution in [3.8, 4) is 0 Å². The monoisotopic (exact) mass is 405 g/mol. The molecule has 2 aromatic rings. The number of aromatic nitrogens is 3. The van der Waals surface area contributed by atoms with Crippen LogP contribution >= 0.6 is 23.4 Å². The van der Waals surface area contributed by atoms with E-state index < -0.39 is 0 Å². The summed E-state index contributed by atoms with van der Waals surface area (Å²) in [6.45, 7) is 10.4. The maximum Gasteiger partial charge on any atom is 0.233 e. The SMILES string of the molecule is C=CCn1c(C)nnc1SCC(=O)N1CCN(Cc2cccc(Cl)c2)CC1. The molecule has 0 bridgehead atoms. The van der Waals surface area contributed by atoms with Crippen LogP contribution in [0, 0.1) is 6.92 Å². The smallest absolute Gasteiger partial charge is 0.233 e. The number of amides is 1. The molecule has 27 heavy (non-hydrogen) atoms. The zero-order valence-corrected chi connectivity index (χ0v) is 17.0. The first-order valence-corrected chi connectivity index (χ1v) is 10.3. The Morgan fingerprint density at radius 2 is 2.07 bits per heavy atom. The van der Waals surface area contributed by atoms with Gasteiger partial charge in [-0.15, -0.1) is 16.8 Å². The van der Waals surface area contributed by atoms with Gasteiger partial charge >= 0.3 is 0 Å². The standard InChI is InChI=1S/C19H24ClN5OS/c1-3-7-25-15(2)21-22-19(25)27-14-18(26)24-10-8-23(9-11-24)13-16-5-4-6-17(20)12-16/h3-6,12H,1,7-11,13-14H2,2H3. The first-order valence-electron chi connectivity index (χ1n) is 8.95. The van der Waals surface area contributed by atoms with E-state index in [9.17, 15) is 4.79 Å². The van der Waals surface area contributed by atoms with Gasteiger partial charge in [-0.1, -0.05) is 41.6 Å². The predicted molar refractivity (Wildman–Crippen MR) is 109 cm³/mol. The minimum absolute atomic E-state index is 0.146. The highest BCUT2D eigenvalue weighted by atomic mass is 35.5. The number of halogens is 1. The van der Waals surface area contributed by atoms with Crippen molar-refractivity contribution in [2.75, 3.05) is 31.9 Å². The first kappa shape index (κ1) is 19.9. The van der Waals surface area contributed by atoms with E-state index in [0.717, 1.165) is 48.7 Å². The summed E-state index contributed by atoms with van der Waals surface area (Å²) in [5.74, 6) is 1.36. The lowest BCUT2D eigenvalue weighted by atomic mass is 10.2. The van der Waals surface area contributed by atoms with Crippen LogP contribution in [0.3, 0.4) is 0 Å². The molecule has 1 aliphatic rings. The number of carbonyl (C=O) groups is 1. The molecule has 1 aromatic heterocycles. The van der Waals surface area contributed by atoms with E-state index in [4.69, 9.17) is 11.6 Å². The molecule has 0 unspecified atom stereocenters. The fourth-order valence-electron chi connectivity index (χ4n) is 3.07. The summed E-state index contributed by atoms with van der Waals surface area (Å²) in [7, 11) is 0. The lowest BCUT2D eigenvalue weighted by molar-refractivity contribution is -0.130. The van der Waals surface area contributed by atoms with Crippen LogP contribution in [0.1, 0.15) is 11.4 Å². The summed E-state index contributed by atoms with van der Waals surface area (Å²) >= 11 is 7.49. The number of thioether (sulfide) groups is 1. The van der Waals surface area contributed by atoms with Gasteiger partial charge in [-0.2, -0.15) is 0 Å². The van der Waals surface area contributed by atoms with E-state index in [1.165, 1.54) is 17.3 Å². The van der Waals surface area contributed by atoms with Crippen LogP contribution in [-0.2, 0) is 17.9 Å². The molecule has 1 saturated heterocycles. The molecule has 1 fully saturated rings. The number of aryl methyl sites for hydroxylation is 1. The number of hydrogen-bond donors (Lipinski definition) is 0. The van der Waals surface area contributed by atoms with E-state index in [-0.39, 0.29) is 5.91 Å². The van der Waals surface area contributed by atoms with Crippen LogP contribution < -0.4 is 0 Å². The molecular weight excluding hydrogens is 382 g/mol. The molecule has 6 nitrogen and oxygen atoms in total. The lowest BCUT2D eigenvalue weighted by Crippen LogP contribution is -2.48. The van der Waals surface area contributed by atoms with Gasteiger partial charge in [0.2, 0.25) is 5.91 Å². The average molecular weight is 406 g/mol. The summed E-state index contributed by atoms with van der Waals surface area (Å²) in [6, 6.07) is 7.94. The Morgan fingerprint density at radius 1 is 1.30 bits per heavy atom. The van der Waals surface area contributed by atoms with Crippen molar-refractivity contribution < 1.29 is 4.79 Å². The Balaban J connectivity index is 1.46. The summed E-state index contributed by atoms with van der Waals surface area (Å²) in [6.07, 6.45) is 1.81. The highest BCUT2D eigenvalue weighted by Crippen LogP contribution is 2.18. The number of benzene rings is 1. The molecule has 1 amide bonds. The number of carbonyl (C=O) groups excluding carboxylic acids is 1. The average Bonchev–Trinajstić information content (AvgIpc) is 3.01. The van der Waals surface area contributed by atoms with Crippen molar-refractivity contribution in [1.29, 1.82) is 0 Å². The van der Waals surface area contributed by atoms with Gasteiger partial charge in [-0.25, -0.2) is 0 Å². The van der Waals surface area contributed by atoms with Crippen LogP contribution in [0.25, 0.3) is 0 Å². The first-order chi connectivity index (χ1) is 13.1. The van der Waals surface area contributed by atoms with Gasteiger partial charge < -0.3 is 9.47 Å². The second-order valence-electron chi connectivity index (χ2n) is 6.50. The van der Waals surface area contributed by atoms with Gasteiger partial charge in [0.25, 0.3) is 0 Å². The molecular formula is C19H24ClN5OS. The van der Waals surface area contributed by atoms with Crippen LogP contribution in [-0.4, -0.2) is 62.4 Å². The van der Waals surface area contributed by atoms with E-state index in [1.54, 1.807) is 6.08 Å². The Labute approximate surface area is 169 Å². The molecule has 0 aliphatic carbocycles. The Morgan fingerprint density at radius 3 is 2.78 bits per heavy atom. The maximum atomic E-state index is 12.5. The largest absolute Gasteiger partial charge is 0.339 e. The number of rotatable bonds is 7. The Bertz CT molecular complexity index is 801. The normalized spacial score (nSPS) is 15.1. The third-order valence-electron chi connectivity index (χ3n) is 4.56. The Kier molecular flexibility index (Phi) is 6.93. The molecule has 1 aliphatic heterocycles. The number of piperazine rings is 1. The van der Waals surface area contributed by atoms with Gasteiger partial charge in [-0.05, 0) is 24.6 Å². The van der Waals surface area contributed by atoms with E-state index in [0.29, 0.717) is 12.3 Å². The van der Waals surface area contributed by atoms with Gasteiger partial charge in [0, 0.05) is 44.3 Å². The molecule has 2 heterocycles. The maximum absolute atomic E-state index is 12.5. The molecule has 0 saturated carbocycles. The third-order valence-corrected chi connectivity index (χ3v) is 5.75. The van der Waals surface area contributed by atoms with Crippen molar-refractivity contribution in [3.05, 3.63) is 53.3 Å². The lowest BCUT2D eigenvalue weighted by Gasteiger charge is -2.34. The van der Waals surface area contributed by atoms with Crippen molar-refractivity contribution in [2.24, 2.45) is 0 Å². The molecule has 3 rings (SSSR count). The fraction of sp³-hybridized carbons (Fsp3) is 0.421. The predicted octanol–water partition coefficient (Wildman–Crippen LogP) is 2.86. The molecule has 0 radical (unpaired) electrons. The fourth-order valence-corrected chi connectivity index (χ4v) is 4.18. The van der Waals surface area contributed by atoms with Gasteiger partial charge in [0.15, 0.2) is 5.16 Å². The molecule has 0 spiro atoms. The summed E-state index contributed by atoms with van der Waals surface area (Å²) in [5.41, 5.74) is 1.20. The second kappa shape index (κ2) is 9.39. The summed E-state index contributed by atoms with van der Waals surface area (Å²) < 4.78 is 1.97.